The number of aromatic nitrogens is 2. The second-order valence-corrected chi connectivity index (χ2v) is 7.35. The fourth-order valence-electron chi connectivity index (χ4n) is 2.97. The van der Waals surface area contributed by atoms with Gasteiger partial charge < -0.3 is 9.47 Å². The molecule has 2 N–H and O–H groups in total. The van der Waals surface area contributed by atoms with Crippen LogP contribution in [0.25, 0.3) is 0 Å². The number of aryl methyl sites for hydroxylation is 3. The molecule has 0 saturated heterocycles. The Labute approximate surface area is 182 Å². The summed E-state index contributed by atoms with van der Waals surface area (Å²) in [6.07, 6.45) is 1.63. The van der Waals surface area contributed by atoms with E-state index in [0.717, 1.165) is 11.1 Å². The number of hydrogen-bond donors (Lipinski definition) is 2. The highest BCUT2D eigenvalue weighted by atomic mass is 16.5. The molecule has 7 heteroatoms. The molecular formula is C24H28N4O3. The van der Waals surface area contributed by atoms with Crippen LogP contribution in [0.15, 0.2) is 46.3 Å². The zero-order valence-corrected chi connectivity index (χ0v) is 18.6. The minimum Gasteiger partial charge on any atom is -0.490 e. The van der Waals surface area contributed by atoms with Crippen LogP contribution in [0.4, 0.5) is 5.95 Å². The van der Waals surface area contributed by atoms with Gasteiger partial charge in [-0.2, -0.15) is 5.10 Å². The fourth-order valence-corrected chi connectivity index (χ4v) is 2.97. The van der Waals surface area contributed by atoms with Crippen molar-refractivity contribution in [1.29, 1.82) is 0 Å². The molecule has 0 spiro atoms. The molecule has 2 aromatic carbocycles. The Bertz CT molecular complexity index is 1150. The number of nitrogens with one attached hydrogen (secondary N) is 2. The highest BCUT2D eigenvalue weighted by Gasteiger charge is 2.08. The first-order valence-electron chi connectivity index (χ1n) is 10.2. The Morgan fingerprint density at radius 1 is 1.06 bits per heavy atom. The molecule has 0 aliphatic heterocycles. The number of aromatic amines is 1. The topological polar surface area (TPSA) is 88.6 Å². The first-order chi connectivity index (χ1) is 14.9. The van der Waals surface area contributed by atoms with Crippen LogP contribution in [0.5, 0.6) is 11.5 Å². The van der Waals surface area contributed by atoms with Crippen LogP contribution in [0, 0.1) is 27.7 Å². The lowest BCUT2D eigenvalue weighted by Gasteiger charge is -2.14. The number of hydrogen-bond acceptors (Lipinski definition) is 6. The molecule has 3 rings (SSSR count). The SMILES string of the molecule is CCOc1cc(/C=N\Nc2nc(C)c(C)c(=O)[nH]2)ccc1OCc1cc(C)ccc1C. The van der Waals surface area contributed by atoms with Gasteiger partial charge in [-0.05, 0) is 69.5 Å². The van der Waals surface area contributed by atoms with Crippen LogP contribution < -0.4 is 20.5 Å². The molecule has 0 aliphatic rings. The standard InChI is InChI=1S/C24H28N4O3/c1-6-30-22-12-19(13-25-28-24-26-18(5)17(4)23(29)27-24)9-10-21(22)31-14-20-11-15(2)7-8-16(20)3/h7-13H,6,14H2,1-5H3,(H2,26,27,28,29)/b25-13-. The number of rotatable bonds is 8. The van der Waals surface area contributed by atoms with Crippen LogP contribution in [-0.2, 0) is 6.61 Å². The number of H-pyrrole nitrogens is 1. The van der Waals surface area contributed by atoms with Crippen molar-refractivity contribution in [2.24, 2.45) is 5.10 Å². The molecule has 0 radical (unpaired) electrons. The van der Waals surface area contributed by atoms with Gasteiger partial charge in [-0.25, -0.2) is 10.4 Å². The summed E-state index contributed by atoms with van der Waals surface area (Å²) in [7, 11) is 0. The van der Waals surface area contributed by atoms with Gasteiger partial charge in [0.15, 0.2) is 11.5 Å². The molecule has 0 bridgehead atoms. The van der Waals surface area contributed by atoms with E-state index in [0.29, 0.717) is 41.9 Å². The Balaban J connectivity index is 1.72. The van der Waals surface area contributed by atoms with E-state index in [-0.39, 0.29) is 5.56 Å². The van der Waals surface area contributed by atoms with Crippen molar-refractivity contribution in [2.45, 2.75) is 41.2 Å². The summed E-state index contributed by atoms with van der Waals surface area (Å²) in [4.78, 5) is 18.7. The maximum absolute atomic E-state index is 11.8. The van der Waals surface area contributed by atoms with Gasteiger partial charge in [0.1, 0.15) is 6.61 Å². The molecule has 0 aliphatic carbocycles. The largest absolute Gasteiger partial charge is 0.490 e. The predicted molar refractivity (Wildman–Crippen MR) is 123 cm³/mol. The maximum atomic E-state index is 11.8. The maximum Gasteiger partial charge on any atom is 0.255 e. The van der Waals surface area contributed by atoms with Crippen molar-refractivity contribution in [3.63, 3.8) is 0 Å². The van der Waals surface area contributed by atoms with E-state index >= 15 is 0 Å². The average Bonchev–Trinajstić information content (AvgIpc) is 2.74. The molecule has 0 saturated carbocycles. The van der Waals surface area contributed by atoms with Crippen molar-refractivity contribution in [2.75, 3.05) is 12.0 Å². The lowest BCUT2D eigenvalue weighted by atomic mass is 10.1. The van der Waals surface area contributed by atoms with E-state index in [4.69, 9.17) is 9.47 Å². The highest BCUT2D eigenvalue weighted by molar-refractivity contribution is 5.81. The average molecular weight is 421 g/mol. The summed E-state index contributed by atoms with van der Waals surface area (Å²) < 4.78 is 11.8. The number of benzene rings is 2. The molecule has 31 heavy (non-hydrogen) atoms. The first kappa shape index (κ1) is 22.1. The summed E-state index contributed by atoms with van der Waals surface area (Å²) in [5.41, 5.74) is 8.18. The molecule has 0 amide bonds. The molecule has 162 valence electrons. The summed E-state index contributed by atoms with van der Waals surface area (Å²) in [5, 5.41) is 4.17. The van der Waals surface area contributed by atoms with Crippen LogP contribution in [0.3, 0.4) is 0 Å². The lowest BCUT2D eigenvalue weighted by molar-refractivity contribution is 0.269. The second kappa shape index (κ2) is 9.93. The molecule has 0 fully saturated rings. The minimum absolute atomic E-state index is 0.186. The molecular weight excluding hydrogens is 392 g/mol. The predicted octanol–water partition coefficient (Wildman–Crippen LogP) is 4.43. The van der Waals surface area contributed by atoms with Gasteiger partial charge in [0.2, 0.25) is 5.95 Å². The molecule has 7 nitrogen and oxygen atoms in total. The number of ether oxygens (including phenoxy) is 2. The third-order valence-electron chi connectivity index (χ3n) is 4.93. The van der Waals surface area contributed by atoms with E-state index in [1.54, 1.807) is 20.1 Å². The Morgan fingerprint density at radius 3 is 2.61 bits per heavy atom. The van der Waals surface area contributed by atoms with Gasteiger partial charge in [0.25, 0.3) is 5.56 Å². The second-order valence-electron chi connectivity index (χ2n) is 7.35. The monoisotopic (exact) mass is 420 g/mol. The van der Waals surface area contributed by atoms with Gasteiger partial charge in [-0.1, -0.05) is 23.8 Å². The quantitative estimate of drug-likeness (QED) is 0.416. The van der Waals surface area contributed by atoms with Crippen molar-refractivity contribution in [3.8, 4) is 11.5 Å². The van der Waals surface area contributed by atoms with Gasteiger partial charge >= 0.3 is 0 Å². The summed E-state index contributed by atoms with van der Waals surface area (Å²) >= 11 is 0. The van der Waals surface area contributed by atoms with Crippen LogP contribution >= 0.6 is 0 Å². The van der Waals surface area contributed by atoms with Crippen molar-refractivity contribution < 1.29 is 9.47 Å². The first-order valence-corrected chi connectivity index (χ1v) is 10.2. The van der Waals surface area contributed by atoms with Gasteiger partial charge in [0.05, 0.1) is 12.8 Å². The Kier molecular flexibility index (Phi) is 7.07. The lowest BCUT2D eigenvalue weighted by Crippen LogP contribution is -2.15. The van der Waals surface area contributed by atoms with Crippen molar-refractivity contribution in [1.82, 2.24) is 9.97 Å². The number of hydrazone groups is 1. The third-order valence-corrected chi connectivity index (χ3v) is 4.93. The summed E-state index contributed by atoms with van der Waals surface area (Å²) in [5.74, 6) is 1.62. The Hall–Kier alpha value is -3.61. The normalized spacial score (nSPS) is 11.0. The van der Waals surface area contributed by atoms with Crippen LogP contribution in [0.2, 0.25) is 0 Å². The molecule has 3 aromatic rings. The van der Waals surface area contributed by atoms with Crippen LogP contribution in [-0.4, -0.2) is 22.8 Å². The van der Waals surface area contributed by atoms with Gasteiger partial charge in [-0.15, -0.1) is 0 Å². The Morgan fingerprint density at radius 2 is 1.87 bits per heavy atom. The fraction of sp³-hybridized carbons (Fsp3) is 0.292. The number of nitrogens with zero attached hydrogens (tertiary/aromatic N) is 2. The van der Waals surface area contributed by atoms with E-state index in [9.17, 15) is 4.79 Å². The smallest absolute Gasteiger partial charge is 0.255 e. The zero-order chi connectivity index (χ0) is 22.4. The van der Waals surface area contributed by atoms with Gasteiger partial charge in [0, 0.05) is 11.3 Å². The van der Waals surface area contributed by atoms with Crippen molar-refractivity contribution in [3.05, 3.63) is 80.3 Å². The number of anilines is 1. The molecule has 1 heterocycles. The van der Waals surface area contributed by atoms with E-state index in [1.807, 2.05) is 25.1 Å². The molecule has 0 atom stereocenters. The summed E-state index contributed by atoms with van der Waals surface area (Å²) in [6, 6.07) is 11.9. The minimum atomic E-state index is -0.186. The van der Waals surface area contributed by atoms with Crippen molar-refractivity contribution >= 4 is 12.2 Å². The van der Waals surface area contributed by atoms with E-state index in [2.05, 4.69) is 52.5 Å². The summed E-state index contributed by atoms with van der Waals surface area (Å²) in [6.45, 7) is 10.6. The van der Waals surface area contributed by atoms with Gasteiger partial charge in [-0.3, -0.25) is 9.78 Å². The molecule has 1 aromatic heterocycles. The third kappa shape index (κ3) is 5.72. The van der Waals surface area contributed by atoms with Crippen LogP contribution in [0.1, 0.15) is 40.4 Å². The van der Waals surface area contributed by atoms with E-state index < -0.39 is 0 Å². The molecule has 0 unspecified atom stereocenters. The highest BCUT2D eigenvalue weighted by Crippen LogP contribution is 2.29. The van der Waals surface area contributed by atoms with E-state index in [1.165, 1.54) is 11.1 Å². The zero-order valence-electron chi connectivity index (χ0n) is 18.6.